The lowest BCUT2D eigenvalue weighted by Gasteiger charge is -2.28. The molecule has 3 heterocycles. The minimum atomic E-state index is -4.51. The summed E-state index contributed by atoms with van der Waals surface area (Å²) in [4.78, 5) is 2.75. The summed E-state index contributed by atoms with van der Waals surface area (Å²) in [5.41, 5.74) is 0.567. The van der Waals surface area contributed by atoms with Crippen LogP contribution in [-0.2, 0) is 19.9 Å². The summed E-state index contributed by atoms with van der Waals surface area (Å²) in [6.07, 6.45) is 1.30. The van der Waals surface area contributed by atoms with E-state index in [4.69, 9.17) is 5.14 Å². The molecular formula is C15H15N7O5S2. The van der Waals surface area contributed by atoms with E-state index < -0.39 is 34.9 Å². The highest BCUT2D eigenvalue weighted by molar-refractivity contribution is 7.94. The highest BCUT2D eigenvalue weighted by Crippen LogP contribution is 2.39. The zero-order chi connectivity index (χ0) is 20.8. The highest BCUT2D eigenvalue weighted by Gasteiger charge is 2.38. The second kappa shape index (κ2) is 6.84. The van der Waals surface area contributed by atoms with E-state index in [1.165, 1.54) is 30.5 Å². The van der Waals surface area contributed by atoms with Crippen LogP contribution in [0.4, 0.5) is 0 Å². The third-order valence-corrected chi connectivity index (χ3v) is 7.82. The van der Waals surface area contributed by atoms with Gasteiger partial charge in [0.05, 0.1) is 10.1 Å². The first-order chi connectivity index (χ1) is 13.7. The maximum atomic E-state index is 13.0. The van der Waals surface area contributed by atoms with Gasteiger partial charge in [-0.15, -0.1) is 5.10 Å². The molecule has 1 aromatic carbocycles. The van der Waals surface area contributed by atoms with Gasteiger partial charge in [-0.1, -0.05) is 6.07 Å². The molecule has 1 fully saturated rings. The molecule has 152 valence electrons. The Morgan fingerprint density at radius 1 is 1.10 bits per heavy atom. The van der Waals surface area contributed by atoms with Crippen molar-refractivity contribution in [3.8, 4) is 28.4 Å². The number of nitrogens with one attached hydrogen (secondary N) is 2. The average molecular weight is 437 g/mol. The molecule has 1 aliphatic heterocycles. The van der Waals surface area contributed by atoms with Crippen LogP contribution in [-0.4, -0.2) is 65.9 Å². The number of rotatable bonds is 5. The molecule has 2 aromatic heterocycles. The molecule has 12 nitrogen and oxygen atoms in total. The fourth-order valence-electron chi connectivity index (χ4n) is 3.02. The number of benzene rings is 1. The van der Waals surface area contributed by atoms with E-state index in [1.807, 2.05) is 0 Å². The van der Waals surface area contributed by atoms with Gasteiger partial charge in [-0.3, -0.25) is 0 Å². The van der Waals surface area contributed by atoms with E-state index in [-0.39, 0.29) is 35.9 Å². The van der Waals surface area contributed by atoms with E-state index in [2.05, 4.69) is 30.9 Å². The number of tetrazole rings is 1. The number of sulfone groups is 1. The van der Waals surface area contributed by atoms with Gasteiger partial charge in [0.2, 0.25) is 15.9 Å². The summed E-state index contributed by atoms with van der Waals surface area (Å²) in [7, 11) is -8.51. The maximum absolute atomic E-state index is 13.0. The van der Waals surface area contributed by atoms with Gasteiger partial charge in [0.15, 0.2) is 15.7 Å². The zero-order valence-electron chi connectivity index (χ0n) is 14.6. The first-order valence-corrected chi connectivity index (χ1v) is 11.3. The molecule has 0 atom stereocenters. The number of hydrogen-bond donors (Lipinski definition) is 4. The van der Waals surface area contributed by atoms with Crippen LogP contribution in [0.25, 0.3) is 22.5 Å². The van der Waals surface area contributed by atoms with Crippen molar-refractivity contribution in [3.63, 3.8) is 0 Å². The second-order valence-corrected chi connectivity index (χ2v) is 10.0. The largest absolute Gasteiger partial charge is 0.493 e. The van der Waals surface area contributed by atoms with Crippen molar-refractivity contribution in [2.45, 2.75) is 15.0 Å². The van der Waals surface area contributed by atoms with Crippen molar-refractivity contribution < 1.29 is 21.9 Å². The smallest absolute Gasteiger partial charge is 0.240 e. The molecule has 0 saturated carbocycles. The molecule has 29 heavy (non-hydrogen) atoms. The summed E-state index contributed by atoms with van der Waals surface area (Å²) in [6.45, 7) is 0.407. The van der Waals surface area contributed by atoms with Gasteiger partial charge in [0.25, 0.3) is 0 Å². The fraction of sp³-hybridized carbons (Fsp3) is 0.200. The van der Waals surface area contributed by atoms with Gasteiger partial charge in [0.1, 0.15) is 4.90 Å². The van der Waals surface area contributed by atoms with Crippen LogP contribution in [0.3, 0.4) is 0 Å². The van der Waals surface area contributed by atoms with Crippen molar-refractivity contribution in [2.75, 3.05) is 13.1 Å². The van der Waals surface area contributed by atoms with Gasteiger partial charge in [-0.05, 0) is 28.1 Å². The minimum Gasteiger partial charge on any atom is -0.493 e. The van der Waals surface area contributed by atoms with E-state index in [0.29, 0.717) is 5.56 Å². The van der Waals surface area contributed by atoms with Crippen LogP contribution < -0.4 is 10.5 Å². The molecule has 0 amide bonds. The lowest BCUT2D eigenvalue weighted by molar-refractivity contribution is 0.453. The van der Waals surface area contributed by atoms with E-state index in [0.717, 1.165) is 0 Å². The molecule has 14 heteroatoms. The van der Waals surface area contributed by atoms with Gasteiger partial charge in [0, 0.05) is 36.5 Å². The normalized spacial score (nSPS) is 15.2. The molecule has 4 rings (SSSR count). The van der Waals surface area contributed by atoms with Crippen LogP contribution in [0.5, 0.6) is 5.88 Å². The van der Waals surface area contributed by atoms with Crippen molar-refractivity contribution in [1.82, 2.24) is 30.9 Å². The molecule has 1 saturated heterocycles. The first-order valence-electron chi connectivity index (χ1n) is 8.23. The SMILES string of the molecule is NS(=O)(=O)c1c(S(=O)(=O)C2CNC2)ccc(-c2ccc(O)nc2)c1-c1nnn[nH]1. The van der Waals surface area contributed by atoms with Gasteiger partial charge in [-0.2, -0.15) is 0 Å². The second-order valence-electron chi connectivity index (χ2n) is 6.34. The molecule has 0 aliphatic carbocycles. The van der Waals surface area contributed by atoms with Crippen LogP contribution >= 0.6 is 0 Å². The standard InChI is InChI=1S/C15H15N7O5S2/c16-29(26,27)14-11(28(24,25)9-6-17-7-9)3-2-10(8-1-4-12(23)18-5-8)13(14)15-19-21-22-20-15/h1-5,9,17H,6-7H2,(H,18,23)(H2,16,26,27)(H,19,20,21,22). The van der Waals surface area contributed by atoms with E-state index in [9.17, 15) is 21.9 Å². The van der Waals surface area contributed by atoms with E-state index >= 15 is 0 Å². The van der Waals surface area contributed by atoms with Crippen LogP contribution in [0, 0.1) is 0 Å². The molecule has 1 aliphatic rings. The number of primary sulfonamides is 1. The molecule has 0 radical (unpaired) electrons. The van der Waals surface area contributed by atoms with Crippen molar-refractivity contribution in [3.05, 3.63) is 30.5 Å². The predicted molar refractivity (Wildman–Crippen MR) is 99.7 cm³/mol. The highest BCUT2D eigenvalue weighted by atomic mass is 32.2. The molecule has 0 bridgehead atoms. The summed E-state index contributed by atoms with van der Waals surface area (Å²) in [5, 5.41) is 30.1. The van der Waals surface area contributed by atoms with Crippen molar-refractivity contribution in [1.29, 1.82) is 0 Å². The summed E-state index contributed by atoms with van der Waals surface area (Å²) < 4.78 is 51.1. The number of hydrogen-bond acceptors (Lipinski definition) is 10. The Hall–Kier alpha value is -2.94. The maximum Gasteiger partial charge on any atom is 0.240 e. The van der Waals surface area contributed by atoms with E-state index in [1.54, 1.807) is 0 Å². The monoisotopic (exact) mass is 437 g/mol. The predicted octanol–water partition coefficient (Wildman–Crippen LogP) is -0.973. The average Bonchev–Trinajstić information content (AvgIpc) is 3.13. The number of sulfonamides is 1. The third-order valence-electron chi connectivity index (χ3n) is 4.54. The summed E-state index contributed by atoms with van der Waals surface area (Å²) in [5.74, 6) is -0.319. The number of nitrogens with two attached hydrogens (primary N) is 1. The molecular weight excluding hydrogens is 422 g/mol. The molecule has 0 unspecified atom stereocenters. The Kier molecular flexibility index (Phi) is 4.57. The Balaban J connectivity index is 2.09. The summed E-state index contributed by atoms with van der Waals surface area (Å²) in [6, 6.07) is 5.42. The Morgan fingerprint density at radius 3 is 2.38 bits per heavy atom. The van der Waals surface area contributed by atoms with Gasteiger partial charge < -0.3 is 10.4 Å². The van der Waals surface area contributed by atoms with Crippen molar-refractivity contribution >= 4 is 19.9 Å². The quantitative estimate of drug-likeness (QED) is 0.385. The topological polar surface area (TPSA) is 194 Å². The molecule has 3 aromatic rings. The van der Waals surface area contributed by atoms with Gasteiger partial charge in [-0.25, -0.2) is 32.1 Å². The third kappa shape index (κ3) is 3.35. The number of H-pyrrole nitrogens is 1. The Morgan fingerprint density at radius 2 is 1.86 bits per heavy atom. The fourth-order valence-corrected chi connectivity index (χ4v) is 6.21. The molecule has 0 spiro atoms. The molecule has 5 N–H and O–H groups in total. The minimum absolute atomic E-state index is 0.0825. The summed E-state index contributed by atoms with van der Waals surface area (Å²) >= 11 is 0. The zero-order valence-corrected chi connectivity index (χ0v) is 16.3. The number of aromatic nitrogens is 5. The van der Waals surface area contributed by atoms with Crippen molar-refractivity contribution in [2.24, 2.45) is 5.14 Å². The number of pyridine rings is 1. The Labute approximate surface area is 165 Å². The lowest BCUT2D eigenvalue weighted by Crippen LogP contribution is -2.51. The lowest BCUT2D eigenvalue weighted by atomic mass is 10.0. The van der Waals surface area contributed by atoms with Crippen LogP contribution in [0.2, 0.25) is 0 Å². The number of aromatic amines is 1. The van der Waals surface area contributed by atoms with Crippen LogP contribution in [0.15, 0.2) is 40.3 Å². The Bertz CT molecular complexity index is 1270. The first kappa shape index (κ1) is 19.4. The van der Waals surface area contributed by atoms with Crippen LogP contribution in [0.1, 0.15) is 0 Å². The van der Waals surface area contributed by atoms with Gasteiger partial charge >= 0.3 is 0 Å². The number of aromatic hydroxyl groups is 1. The number of nitrogens with zero attached hydrogens (tertiary/aromatic N) is 4.